The zero-order chi connectivity index (χ0) is 13.8. The van der Waals surface area contributed by atoms with Crippen molar-refractivity contribution in [2.75, 3.05) is 5.32 Å². The second kappa shape index (κ2) is 5.52. The highest BCUT2D eigenvalue weighted by molar-refractivity contribution is 6.01. The molecule has 0 spiro atoms. The number of benzene rings is 1. The topological polar surface area (TPSA) is 88.5 Å². The maximum atomic E-state index is 11.9. The molecule has 3 rings (SSSR count). The van der Waals surface area contributed by atoms with Gasteiger partial charge in [0, 0.05) is 30.1 Å². The van der Waals surface area contributed by atoms with E-state index < -0.39 is 0 Å². The number of amides is 1. The third-order valence-electron chi connectivity index (χ3n) is 3.05. The predicted molar refractivity (Wildman–Crippen MR) is 74.0 cm³/mol. The Kier molecular flexibility index (Phi) is 3.40. The van der Waals surface area contributed by atoms with Gasteiger partial charge in [-0.05, 0) is 35.0 Å². The lowest BCUT2D eigenvalue weighted by molar-refractivity contribution is -0.116. The third kappa shape index (κ3) is 2.66. The van der Waals surface area contributed by atoms with Crippen molar-refractivity contribution in [3.05, 3.63) is 36.8 Å². The van der Waals surface area contributed by atoms with Crippen LogP contribution >= 0.6 is 0 Å². The molecule has 7 nitrogen and oxygen atoms in total. The smallest absolute Gasteiger partial charge is 0.224 e. The first-order chi connectivity index (χ1) is 9.83. The van der Waals surface area contributed by atoms with E-state index in [1.165, 1.54) is 0 Å². The molecule has 0 aliphatic heterocycles. The van der Waals surface area contributed by atoms with Crippen LogP contribution in [-0.4, -0.2) is 31.1 Å². The van der Waals surface area contributed by atoms with E-state index in [1.807, 2.05) is 30.5 Å². The Morgan fingerprint density at radius 3 is 3.15 bits per heavy atom. The van der Waals surface area contributed by atoms with Gasteiger partial charge in [-0.1, -0.05) is 6.07 Å². The minimum Gasteiger partial charge on any atom is -0.361 e. The third-order valence-corrected chi connectivity index (χ3v) is 3.05. The molecule has 7 heteroatoms. The second-order valence-corrected chi connectivity index (χ2v) is 4.47. The first-order valence-electron chi connectivity index (χ1n) is 6.40. The number of hydrogen-bond donors (Lipinski definition) is 2. The number of rotatable bonds is 5. The van der Waals surface area contributed by atoms with Gasteiger partial charge in [-0.15, -0.1) is 5.10 Å². The number of aromatic nitrogens is 5. The van der Waals surface area contributed by atoms with Crippen LogP contribution in [0.1, 0.15) is 12.8 Å². The van der Waals surface area contributed by atoms with Gasteiger partial charge in [-0.25, -0.2) is 4.68 Å². The molecular weight excluding hydrogens is 256 g/mol. The van der Waals surface area contributed by atoms with Gasteiger partial charge < -0.3 is 10.3 Å². The molecule has 0 radical (unpaired) electrons. The number of aromatic amines is 1. The Hall–Kier alpha value is -2.70. The molecule has 0 bridgehead atoms. The summed E-state index contributed by atoms with van der Waals surface area (Å²) in [6.07, 6.45) is 4.52. The predicted octanol–water partition coefficient (Wildman–Crippen LogP) is 1.57. The normalized spacial score (nSPS) is 10.8. The maximum absolute atomic E-state index is 11.9. The van der Waals surface area contributed by atoms with Crippen LogP contribution in [0, 0.1) is 0 Å². The Morgan fingerprint density at radius 1 is 1.35 bits per heavy atom. The molecular formula is C13H14N6O. The Balaban J connectivity index is 1.57. The average molecular weight is 270 g/mol. The summed E-state index contributed by atoms with van der Waals surface area (Å²) in [5.74, 6) is -0.00762. The van der Waals surface area contributed by atoms with E-state index in [0.29, 0.717) is 19.4 Å². The fraction of sp³-hybridized carbons (Fsp3) is 0.231. The SMILES string of the molecule is O=C(CCCn1cnnn1)Nc1cccc2[nH]ccc12. The molecule has 2 heterocycles. The van der Waals surface area contributed by atoms with Crippen molar-refractivity contribution in [2.24, 2.45) is 0 Å². The minimum absolute atomic E-state index is 0.00762. The molecule has 0 aliphatic carbocycles. The lowest BCUT2D eigenvalue weighted by Gasteiger charge is -2.06. The van der Waals surface area contributed by atoms with Crippen LogP contribution in [0.5, 0.6) is 0 Å². The molecule has 0 saturated carbocycles. The van der Waals surface area contributed by atoms with Gasteiger partial charge in [0.15, 0.2) is 0 Å². The van der Waals surface area contributed by atoms with Crippen LogP contribution in [0.4, 0.5) is 5.69 Å². The van der Waals surface area contributed by atoms with Gasteiger partial charge in [0.1, 0.15) is 6.33 Å². The van der Waals surface area contributed by atoms with E-state index in [4.69, 9.17) is 0 Å². The van der Waals surface area contributed by atoms with E-state index in [1.54, 1.807) is 11.0 Å². The number of aryl methyl sites for hydroxylation is 1. The number of anilines is 1. The van der Waals surface area contributed by atoms with E-state index in [9.17, 15) is 4.79 Å². The number of fused-ring (bicyclic) bond motifs is 1. The first kappa shape index (κ1) is 12.3. The van der Waals surface area contributed by atoms with Gasteiger partial charge in [0.05, 0.1) is 5.69 Å². The fourth-order valence-electron chi connectivity index (χ4n) is 2.09. The summed E-state index contributed by atoms with van der Waals surface area (Å²) in [6.45, 7) is 0.634. The molecule has 0 saturated heterocycles. The van der Waals surface area contributed by atoms with Gasteiger partial charge in [0.25, 0.3) is 0 Å². The number of hydrogen-bond acceptors (Lipinski definition) is 4. The van der Waals surface area contributed by atoms with Crippen molar-refractivity contribution in [1.29, 1.82) is 0 Å². The molecule has 2 aromatic heterocycles. The summed E-state index contributed by atoms with van der Waals surface area (Å²) in [6, 6.07) is 7.74. The van der Waals surface area contributed by atoms with E-state index in [-0.39, 0.29) is 5.91 Å². The highest BCUT2D eigenvalue weighted by Crippen LogP contribution is 2.22. The van der Waals surface area contributed by atoms with Crippen molar-refractivity contribution >= 4 is 22.5 Å². The van der Waals surface area contributed by atoms with E-state index in [0.717, 1.165) is 16.6 Å². The zero-order valence-corrected chi connectivity index (χ0v) is 10.8. The molecule has 0 atom stereocenters. The van der Waals surface area contributed by atoms with Crippen molar-refractivity contribution in [1.82, 2.24) is 25.2 Å². The van der Waals surface area contributed by atoms with Crippen LogP contribution in [0.25, 0.3) is 10.9 Å². The molecule has 1 amide bonds. The number of carbonyl (C=O) groups excluding carboxylic acids is 1. The summed E-state index contributed by atoms with van der Waals surface area (Å²) >= 11 is 0. The van der Waals surface area contributed by atoms with Crippen molar-refractivity contribution < 1.29 is 4.79 Å². The van der Waals surface area contributed by atoms with Gasteiger partial charge >= 0.3 is 0 Å². The summed E-state index contributed by atoms with van der Waals surface area (Å²) in [7, 11) is 0. The first-order valence-corrected chi connectivity index (χ1v) is 6.40. The fourth-order valence-corrected chi connectivity index (χ4v) is 2.09. The lowest BCUT2D eigenvalue weighted by atomic mass is 10.2. The number of carbonyl (C=O) groups is 1. The van der Waals surface area contributed by atoms with Gasteiger partial charge in [0.2, 0.25) is 5.91 Å². The molecule has 0 aliphatic rings. The van der Waals surface area contributed by atoms with E-state index in [2.05, 4.69) is 25.8 Å². The Labute approximate surface area is 115 Å². The van der Waals surface area contributed by atoms with Gasteiger partial charge in [-0.3, -0.25) is 4.79 Å². The minimum atomic E-state index is -0.00762. The van der Waals surface area contributed by atoms with Crippen LogP contribution in [0.2, 0.25) is 0 Å². The van der Waals surface area contributed by atoms with Crippen molar-refractivity contribution in [3.63, 3.8) is 0 Å². The summed E-state index contributed by atoms with van der Waals surface area (Å²) < 4.78 is 1.61. The summed E-state index contributed by atoms with van der Waals surface area (Å²) in [5, 5.41) is 14.8. The highest BCUT2D eigenvalue weighted by Gasteiger charge is 2.06. The van der Waals surface area contributed by atoms with Crippen LogP contribution in [0.3, 0.4) is 0 Å². The monoisotopic (exact) mass is 270 g/mol. The number of nitrogens with one attached hydrogen (secondary N) is 2. The number of nitrogens with zero attached hydrogens (tertiary/aromatic N) is 4. The Morgan fingerprint density at radius 2 is 2.30 bits per heavy atom. The lowest BCUT2D eigenvalue weighted by Crippen LogP contribution is -2.12. The summed E-state index contributed by atoms with van der Waals surface area (Å²) in [4.78, 5) is 15.0. The maximum Gasteiger partial charge on any atom is 0.224 e. The molecule has 2 N–H and O–H groups in total. The molecule has 102 valence electrons. The van der Waals surface area contributed by atoms with Crippen molar-refractivity contribution in [2.45, 2.75) is 19.4 Å². The molecule has 0 unspecified atom stereocenters. The largest absolute Gasteiger partial charge is 0.361 e. The molecule has 0 fully saturated rings. The van der Waals surface area contributed by atoms with Crippen molar-refractivity contribution in [3.8, 4) is 0 Å². The standard InChI is InChI=1S/C13H14N6O/c20-13(5-2-8-19-9-15-17-18-19)16-12-4-1-3-11-10(12)6-7-14-11/h1,3-4,6-7,9,14H,2,5,8H2,(H,16,20). The van der Waals surface area contributed by atoms with Crippen LogP contribution in [0.15, 0.2) is 36.8 Å². The molecule has 3 aromatic rings. The quantitative estimate of drug-likeness (QED) is 0.736. The Bertz CT molecular complexity index is 703. The van der Waals surface area contributed by atoms with Crippen LogP contribution < -0.4 is 5.32 Å². The molecule has 1 aromatic carbocycles. The zero-order valence-electron chi connectivity index (χ0n) is 10.8. The van der Waals surface area contributed by atoms with E-state index >= 15 is 0 Å². The number of tetrazole rings is 1. The van der Waals surface area contributed by atoms with Gasteiger partial charge in [-0.2, -0.15) is 0 Å². The second-order valence-electron chi connectivity index (χ2n) is 4.47. The summed E-state index contributed by atoms with van der Waals surface area (Å²) in [5.41, 5.74) is 1.84. The molecule has 20 heavy (non-hydrogen) atoms. The average Bonchev–Trinajstić information content (AvgIpc) is 3.09. The van der Waals surface area contributed by atoms with Crippen LogP contribution in [-0.2, 0) is 11.3 Å². The highest BCUT2D eigenvalue weighted by atomic mass is 16.1. The number of H-pyrrole nitrogens is 1.